The van der Waals surface area contributed by atoms with Gasteiger partial charge in [-0.05, 0) is 6.92 Å². The minimum absolute atomic E-state index is 0.561. The van der Waals surface area contributed by atoms with Crippen molar-refractivity contribution in [3.05, 3.63) is 0 Å². The van der Waals surface area contributed by atoms with Crippen molar-refractivity contribution in [1.29, 1.82) is 0 Å². The van der Waals surface area contributed by atoms with Crippen LogP contribution in [0.2, 0.25) is 0 Å². The summed E-state index contributed by atoms with van der Waals surface area (Å²) in [4.78, 5) is 10.4. The second-order valence-electron chi connectivity index (χ2n) is 2.04. The van der Waals surface area contributed by atoms with Crippen molar-refractivity contribution in [1.82, 2.24) is 0 Å². The van der Waals surface area contributed by atoms with E-state index in [1.165, 1.54) is 0 Å². The lowest BCUT2D eigenvalue weighted by molar-refractivity contribution is -0.133. The summed E-state index contributed by atoms with van der Waals surface area (Å²) in [6.45, 7) is 1.14. The van der Waals surface area contributed by atoms with E-state index in [4.69, 9.17) is 15.3 Å². The van der Waals surface area contributed by atoms with Gasteiger partial charge in [0.05, 0.1) is 5.85 Å². The summed E-state index contributed by atoms with van der Waals surface area (Å²) in [5.41, 5.74) is 0. The van der Waals surface area contributed by atoms with Gasteiger partial charge in [-0.3, -0.25) is 4.79 Å². The molecule has 0 radical (unpaired) electrons. The van der Waals surface area contributed by atoms with Crippen LogP contribution in [0.15, 0.2) is 0 Å². The quantitative estimate of drug-likeness (QED) is 0.445. The Hall–Kier alpha value is -0.0200. The molecule has 4 atom stereocenters. The van der Waals surface area contributed by atoms with Crippen LogP contribution >= 0.6 is 9.24 Å². The maximum absolute atomic E-state index is 10.4. The van der Waals surface area contributed by atoms with Gasteiger partial charge < -0.3 is 15.3 Å². The Bertz CT molecular complexity index is 125. The molecule has 0 aliphatic carbocycles. The summed E-state index contributed by atoms with van der Waals surface area (Å²) < 4.78 is 0. The van der Waals surface area contributed by atoms with Crippen LogP contribution < -0.4 is 0 Å². The topological polar surface area (TPSA) is 77.8 Å². The number of Topliss-reactive ketones (excluding diaryl/α,β-unsaturated/α-hetero) is 1. The van der Waals surface area contributed by atoms with Crippen molar-refractivity contribution >= 4 is 15.0 Å². The third-order valence-electron chi connectivity index (χ3n) is 1.09. The number of carbonyl (C=O) groups excluding carboxylic acids is 1. The van der Waals surface area contributed by atoms with Gasteiger partial charge in [0.15, 0.2) is 5.78 Å². The van der Waals surface area contributed by atoms with E-state index >= 15 is 0 Å². The molecule has 0 fully saturated rings. The number of aliphatic hydroxyl groups excluding tert-OH is 3. The Morgan fingerprint density at radius 3 is 1.90 bits per heavy atom. The smallest absolute Gasteiger partial charge is 0.160 e. The van der Waals surface area contributed by atoms with E-state index < -0.39 is 23.8 Å². The van der Waals surface area contributed by atoms with E-state index in [1.54, 1.807) is 0 Å². The Balaban J connectivity index is 3.94. The molecule has 2 unspecified atom stereocenters. The van der Waals surface area contributed by atoms with Gasteiger partial charge in [0.1, 0.15) is 12.2 Å². The van der Waals surface area contributed by atoms with Crippen LogP contribution in [0, 0.1) is 0 Å². The minimum atomic E-state index is -1.49. The summed E-state index contributed by atoms with van der Waals surface area (Å²) in [7, 11) is 1.88. The Morgan fingerprint density at radius 2 is 1.80 bits per heavy atom. The number of carbonyl (C=O) groups is 1. The molecule has 0 amide bonds. The summed E-state index contributed by atoms with van der Waals surface area (Å²) in [5.74, 6) is -1.73. The van der Waals surface area contributed by atoms with Crippen molar-refractivity contribution in [3.63, 3.8) is 0 Å². The molecule has 0 saturated heterocycles. The molecule has 0 aromatic rings. The zero-order chi connectivity index (χ0) is 8.31. The molecule has 0 saturated carbocycles. The van der Waals surface area contributed by atoms with Crippen LogP contribution in [0.3, 0.4) is 0 Å². The molecule has 0 rings (SSSR count). The van der Waals surface area contributed by atoms with Crippen LogP contribution in [0.5, 0.6) is 0 Å². The zero-order valence-electron chi connectivity index (χ0n) is 5.56. The highest BCUT2D eigenvalue weighted by molar-refractivity contribution is 7.17. The van der Waals surface area contributed by atoms with Gasteiger partial charge in [0, 0.05) is 0 Å². The Morgan fingerprint density at radius 1 is 1.40 bits per heavy atom. The first-order valence-electron chi connectivity index (χ1n) is 2.77. The lowest BCUT2D eigenvalue weighted by Crippen LogP contribution is -2.38. The summed E-state index contributed by atoms with van der Waals surface area (Å²) in [5, 5.41) is 26.3. The van der Waals surface area contributed by atoms with E-state index in [9.17, 15) is 4.79 Å². The molecule has 60 valence electrons. The largest absolute Gasteiger partial charge is 0.387 e. The van der Waals surface area contributed by atoms with Gasteiger partial charge >= 0.3 is 0 Å². The number of hydrogen-bond acceptors (Lipinski definition) is 4. The third-order valence-corrected chi connectivity index (χ3v) is 1.48. The molecule has 0 heterocycles. The SMILES string of the molecule is CC(=O)[C@@H](O)[C@@H](O)C(O)P. The molecule has 0 bridgehead atoms. The molecule has 0 aliphatic heterocycles. The Kier molecular flexibility index (Phi) is 3.98. The van der Waals surface area contributed by atoms with E-state index in [1.807, 2.05) is 9.24 Å². The van der Waals surface area contributed by atoms with Crippen molar-refractivity contribution in [2.75, 3.05) is 0 Å². The van der Waals surface area contributed by atoms with Crippen LogP contribution in [-0.2, 0) is 4.79 Å². The highest BCUT2D eigenvalue weighted by atomic mass is 31.0. The molecule has 0 aliphatic rings. The van der Waals surface area contributed by atoms with Crippen molar-refractivity contribution < 1.29 is 20.1 Å². The predicted octanol–water partition coefficient (Wildman–Crippen LogP) is -1.51. The average Bonchev–Trinajstić information content (AvgIpc) is 1.84. The van der Waals surface area contributed by atoms with Gasteiger partial charge in [-0.25, -0.2) is 0 Å². The van der Waals surface area contributed by atoms with Crippen LogP contribution in [0.25, 0.3) is 0 Å². The van der Waals surface area contributed by atoms with Gasteiger partial charge in [0.2, 0.25) is 0 Å². The van der Waals surface area contributed by atoms with Crippen LogP contribution in [-0.4, -0.2) is 39.2 Å². The molecule has 10 heavy (non-hydrogen) atoms. The van der Waals surface area contributed by atoms with Crippen LogP contribution in [0.4, 0.5) is 0 Å². The second kappa shape index (κ2) is 3.98. The van der Waals surface area contributed by atoms with Crippen molar-refractivity contribution in [3.8, 4) is 0 Å². The van der Waals surface area contributed by atoms with Gasteiger partial charge in [-0.1, -0.05) is 0 Å². The highest BCUT2D eigenvalue weighted by Gasteiger charge is 2.24. The molecule has 5 heteroatoms. The van der Waals surface area contributed by atoms with E-state index in [0.717, 1.165) is 6.92 Å². The highest BCUT2D eigenvalue weighted by Crippen LogP contribution is 2.06. The van der Waals surface area contributed by atoms with Gasteiger partial charge in [0.25, 0.3) is 0 Å². The van der Waals surface area contributed by atoms with Crippen LogP contribution in [0.1, 0.15) is 6.92 Å². The van der Waals surface area contributed by atoms with E-state index in [2.05, 4.69) is 0 Å². The molecule has 4 nitrogen and oxygen atoms in total. The van der Waals surface area contributed by atoms with Crippen molar-refractivity contribution in [2.45, 2.75) is 25.0 Å². The molecule has 0 aromatic heterocycles. The lowest BCUT2D eigenvalue weighted by Gasteiger charge is -2.16. The first-order valence-corrected chi connectivity index (χ1v) is 3.43. The predicted molar refractivity (Wildman–Crippen MR) is 38.4 cm³/mol. The number of hydrogen-bond donors (Lipinski definition) is 3. The maximum Gasteiger partial charge on any atom is 0.160 e. The summed E-state index contributed by atoms with van der Waals surface area (Å²) >= 11 is 0. The maximum atomic E-state index is 10.4. The third kappa shape index (κ3) is 2.71. The summed E-state index contributed by atoms with van der Waals surface area (Å²) in [6.07, 6.45) is -2.91. The van der Waals surface area contributed by atoms with Gasteiger partial charge in [-0.2, -0.15) is 0 Å². The lowest BCUT2D eigenvalue weighted by atomic mass is 10.1. The van der Waals surface area contributed by atoms with Crippen molar-refractivity contribution in [2.24, 2.45) is 0 Å². The molecule has 0 spiro atoms. The molecular weight excluding hydrogens is 155 g/mol. The number of ketones is 1. The molecule has 0 aromatic carbocycles. The molecule has 3 N–H and O–H groups in total. The fraction of sp³-hybridized carbons (Fsp3) is 0.800. The average molecular weight is 166 g/mol. The first-order chi connectivity index (χ1) is 4.46. The zero-order valence-corrected chi connectivity index (χ0v) is 6.71. The number of rotatable bonds is 3. The normalized spacial score (nSPS) is 19.7. The first kappa shape index (κ1) is 9.98. The fourth-order valence-electron chi connectivity index (χ4n) is 0.427. The van der Waals surface area contributed by atoms with E-state index in [-0.39, 0.29) is 0 Å². The van der Waals surface area contributed by atoms with Gasteiger partial charge in [-0.15, -0.1) is 9.24 Å². The van der Waals surface area contributed by atoms with E-state index in [0.29, 0.717) is 0 Å². The fourth-order valence-corrected chi connectivity index (χ4v) is 0.638. The number of aliphatic hydroxyl groups is 3. The Labute approximate surface area is 61.1 Å². The molecular formula is C5H11O4P. The summed E-state index contributed by atoms with van der Waals surface area (Å²) in [6, 6.07) is 0. The monoisotopic (exact) mass is 166 g/mol. The standard InChI is InChI=1S/C5H11O4P/c1-2(6)3(7)4(8)5(9)10/h3-5,7-9H,10H2,1H3/t3-,4-,5?/m1/s1. The minimum Gasteiger partial charge on any atom is -0.387 e. The second-order valence-corrected chi connectivity index (χ2v) is 2.72.